The number of ether oxygens (including phenoxy) is 2. The van der Waals surface area contributed by atoms with Crippen molar-refractivity contribution in [2.45, 2.75) is 40.5 Å². The molecule has 18 heavy (non-hydrogen) atoms. The van der Waals surface area contributed by atoms with Gasteiger partial charge in [0.05, 0.1) is 13.2 Å². The minimum atomic E-state index is -0.377. The Morgan fingerprint density at radius 2 is 1.11 bits per heavy atom. The highest BCUT2D eigenvalue weighted by Crippen LogP contribution is 2.17. The van der Waals surface area contributed by atoms with Gasteiger partial charge in [0, 0.05) is 12.2 Å². The maximum Gasteiger partial charge on any atom is 0.331 e. The van der Waals surface area contributed by atoms with E-state index in [1.54, 1.807) is 13.8 Å². The molecule has 0 unspecified atom stereocenters. The molecule has 0 aliphatic carbocycles. The van der Waals surface area contributed by atoms with Gasteiger partial charge in [0.2, 0.25) is 0 Å². The largest absolute Gasteiger partial charge is 0.463 e. The smallest absolute Gasteiger partial charge is 0.331 e. The average Bonchev–Trinajstić information content (AvgIpc) is 2.34. The molecule has 0 bridgehead atoms. The van der Waals surface area contributed by atoms with Crippen molar-refractivity contribution >= 4 is 11.9 Å². The van der Waals surface area contributed by atoms with Crippen LogP contribution in [0.5, 0.6) is 0 Å². The third-order valence-electron chi connectivity index (χ3n) is 2.33. The van der Waals surface area contributed by atoms with Crippen molar-refractivity contribution in [1.82, 2.24) is 0 Å². The van der Waals surface area contributed by atoms with Gasteiger partial charge in [-0.2, -0.15) is 0 Å². The molecule has 0 N–H and O–H groups in total. The van der Waals surface area contributed by atoms with E-state index in [9.17, 15) is 9.59 Å². The van der Waals surface area contributed by atoms with Gasteiger partial charge < -0.3 is 9.47 Å². The van der Waals surface area contributed by atoms with Crippen LogP contribution in [0, 0.1) is 0 Å². The molecule has 0 saturated carbocycles. The first-order chi connectivity index (χ1) is 8.58. The van der Waals surface area contributed by atoms with E-state index in [4.69, 9.17) is 9.47 Å². The van der Waals surface area contributed by atoms with Crippen LogP contribution in [0.1, 0.15) is 40.5 Å². The number of allylic oxidation sites excluding steroid dienone is 2. The summed E-state index contributed by atoms with van der Waals surface area (Å²) in [6, 6.07) is 0. The fourth-order valence-corrected chi connectivity index (χ4v) is 1.50. The number of hydrogen-bond donors (Lipinski definition) is 0. The van der Waals surface area contributed by atoms with Crippen molar-refractivity contribution < 1.29 is 19.1 Å². The second kappa shape index (κ2) is 9.45. The van der Waals surface area contributed by atoms with Crippen molar-refractivity contribution in [2.24, 2.45) is 0 Å². The van der Waals surface area contributed by atoms with Crippen LogP contribution in [0.4, 0.5) is 0 Å². The van der Waals surface area contributed by atoms with Crippen molar-refractivity contribution in [3.8, 4) is 0 Å². The van der Waals surface area contributed by atoms with Crippen molar-refractivity contribution in [2.75, 3.05) is 13.2 Å². The molecule has 0 aliphatic heterocycles. The summed E-state index contributed by atoms with van der Waals surface area (Å²) in [5.41, 5.74) is 1.62. The Balaban J connectivity index is 4.98. The molecule has 0 heterocycles. The van der Waals surface area contributed by atoms with Gasteiger partial charge in [-0.1, -0.05) is 13.8 Å². The molecule has 0 amide bonds. The normalized spacial score (nSPS) is 12.2. The Morgan fingerprint density at radius 1 is 0.778 bits per heavy atom. The summed E-state index contributed by atoms with van der Waals surface area (Å²) in [6.07, 6.45) is 4.21. The Kier molecular flexibility index (Phi) is 8.62. The van der Waals surface area contributed by atoms with Gasteiger partial charge in [-0.15, -0.1) is 0 Å². The predicted molar refractivity (Wildman–Crippen MR) is 70.0 cm³/mol. The topological polar surface area (TPSA) is 52.6 Å². The monoisotopic (exact) mass is 254 g/mol. The summed E-state index contributed by atoms with van der Waals surface area (Å²) < 4.78 is 9.73. The molecule has 102 valence electrons. The van der Waals surface area contributed by atoms with Crippen LogP contribution < -0.4 is 0 Å². The number of carbonyl (C=O) groups is 2. The summed E-state index contributed by atoms with van der Waals surface area (Å²) in [5.74, 6) is -0.755. The van der Waals surface area contributed by atoms with E-state index in [1.807, 2.05) is 13.8 Å². The van der Waals surface area contributed by atoms with Crippen molar-refractivity contribution in [1.29, 1.82) is 0 Å². The molecule has 0 fully saturated rings. The van der Waals surface area contributed by atoms with Gasteiger partial charge in [0.15, 0.2) is 0 Å². The quantitative estimate of drug-likeness (QED) is 0.398. The van der Waals surface area contributed by atoms with E-state index in [-0.39, 0.29) is 11.9 Å². The Labute approximate surface area is 109 Å². The SMILES string of the molecule is CCOC(=O)/C=C(CC)\C(=C/C(=O)OCC)CC. The zero-order valence-corrected chi connectivity index (χ0v) is 11.6. The van der Waals surface area contributed by atoms with E-state index >= 15 is 0 Å². The van der Waals surface area contributed by atoms with Crippen LogP contribution in [0.25, 0.3) is 0 Å². The van der Waals surface area contributed by atoms with E-state index in [1.165, 1.54) is 12.2 Å². The molecule has 0 aliphatic rings. The summed E-state index contributed by atoms with van der Waals surface area (Å²) in [4.78, 5) is 22.8. The van der Waals surface area contributed by atoms with Crippen LogP contribution in [0.2, 0.25) is 0 Å². The van der Waals surface area contributed by atoms with E-state index < -0.39 is 0 Å². The minimum Gasteiger partial charge on any atom is -0.463 e. The minimum absolute atomic E-state index is 0.343. The number of hydrogen-bond acceptors (Lipinski definition) is 4. The lowest BCUT2D eigenvalue weighted by Crippen LogP contribution is -2.05. The number of carbonyl (C=O) groups excluding carboxylic acids is 2. The summed E-state index contributed by atoms with van der Waals surface area (Å²) in [5, 5.41) is 0. The standard InChI is InChI=1S/C14H22O4/c1-5-11(9-13(15)17-7-3)12(6-2)10-14(16)18-8-4/h9-10H,5-8H2,1-4H3/b11-9-,12-10-. The predicted octanol–water partition coefficient (Wildman–Crippen LogP) is 2.79. The molecule has 0 aromatic carbocycles. The maximum atomic E-state index is 11.4. The van der Waals surface area contributed by atoms with Gasteiger partial charge in [-0.25, -0.2) is 9.59 Å². The highest BCUT2D eigenvalue weighted by Gasteiger charge is 2.08. The highest BCUT2D eigenvalue weighted by atomic mass is 16.5. The molecule has 4 heteroatoms. The number of esters is 2. The maximum absolute atomic E-state index is 11.4. The molecule has 0 rings (SSSR count). The Morgan fingerprint density at radius 3 is 1.33 bits per heavy atom. The number of rotatable bonds is 7. The molecule has 0 atom stereocenters. The van der Waals surface area contributed by atoms with Gasteiger partial charge in [0.25, 0.3) is 0 Å². The zero-order valence-electron chi connectivity index (χ0n) is 11.6. The van der Waals surface area contributed by atoms with Crippen LogP contribution >= 0.6 is 0 Å². The van der Waals surface area contributed by atoms with Gasteiger partial charge in [-0.3, -0.25) is 0 Å². The second-order valence-electron chi connectivity index (χ2n) is 3.55. The van der Waals surface area contributed by atoms with Crippen molar-refractivity contribution in [3.05, 3.63) is 23.3 Å². The van der Waals surface area contributed by atoms with Gasteiger partial charge in [-0.05, 0) is 37.8 Å². The molecule has 0 saturated heterocycles. The lowest BCUT2D eigenvalue weighted by molar-refractivity contribution is -0.138. The average molecular weight is 254 g/mol. The Bertz CT molecular complexity index is 306. The van der Waals surface area contributed by atoms with E-state index in [0.29, 0.717) is 26.1 Å². The van der Waals surface area contributed by atoms with E-state index in [2.05, 4.69) is 0 Å². The van der Waals surface area contributed by atoms with Crippen LogP contribution in [-0.4, -0.2) is 25.2 Å². The molecule has 0 aromatic rings. The van der Waals surface area contributed by atoms with Crippen molar-refractivity contribution in [3.63, 3.8) is 0 Å². The van der Waals surface area contributed by atoms with E-state index in [0.717, 1.165) is 11.1 Å². The van der Waals surface area contributed by atoms with Crippen LogP contribution in [-0.2, 0) is 19.1 Å². The van der Waals surface area contributed by atoms with Crippen LogP contribution in [0.3, 0.4) is 0 Å². The summed E-state index contributed by atoms with van der Waals surface area (Å²) in [7, 11) is 0. The fourth-order valence-electron chi connectivity index (χ4n) is 1.50. The van der Waals surface area contributed by atoms with Crippen LogP contribution in [0.15, 0.2) is 23.3 Å². The lowest BCUT2D eigenvalue weighted by atomic mass is 10.0. The fraction of sp³-hybridized carbons (Fsp3) is 0.571. The zero-order chi connectivity index (χ0) is 14.0. The molecule has 4 nitrogen and oxygen atoms in total. The third-order valence-corrected chi connectivity index (χ3v) is 2.33. The second-order valence-corrected chi connectivity index (χ2v) is 3.55. The first-order valence-electron chi connectivity index (χ1n) is 6.33. The molecular weight excluding hydrogens is 232 g/mol. The van der Waals surface area contributed by atoms with Gasteiger partial charge >= 0.3 is 11.9 Å². The highest BCUT2D eigenvalue weighted by molar-refractivity contribution is 5.86. The molecule has 0 aromatic heterocycles. The molecule has 0 spiro atoms. The summed E-state index contributed by atoms with van der Waals surface area (Å²) >= 11 is 0. The summed E-state index contributed by atoms with van der Waals surface area (Å²) in [6.45, 7) is 8.06. The third kappa shape index (κ3) is 6.23. The Hall–Kier alpha value is -1.58. The lowest BCUT2D eigenvalue weighted by Gasteiger charge is -2.08. The first kappa shape index (κ1) is 16.4. The molecule has 0 radical (unpaired) electrons. The first-order valence-corrected chi connectivity index (χ1v) is 6.33. The van der Waals surface area contributed by atoms with Gasteiger partial charge in [0.1, 0.15) is 0 Å². The molecular formula is C14H22O4.